The highest BCUT2D eigenvalue weighted by molar-refractivity contribution is 7.10. The van der Waals surface area contributed by atoms with Gasteiger partial charge in [0.1, 0.15) is 0 Å². The molecule has 2 aliphatic rings. The van der Waals surface area contributed by atoms with E-state index in [9.17, 15) is 4.79 Å². The first-order valence-corrected chi connectivity index (χ1v) is 9.56. The van der Waals surface area contributed by atoms with Gasteiger partial charge in [-0.25, -0.2) is 0 Å². The molecule has 0 radical (unpaired) electrons. The molecule has 0 spiro atoms. The van der Waals surface area contributed by atoms with E-state index in [0.717, 1.165) is 39.3 Å². The van der Waals surface area contributed by atoms with E-state index in [1.165, 1.54) is 17.7 Å². The van der Waals surface area contributed by atoms with Crippen LogP contribution in [-0.2, 0) is 9.53 Å². The van der Waals surface area contributed by atoms with Crippen LogP contribution < -0.4 is 10.6 Å². The van der Waals surface area contributed by atoms with Gasteiger partial charge in [-0.05, 0) is 37.3 Å². The normalized spacial score (nSPS) is 23.7. The summed E-state index contributed by atoms with van der Waals surface area (Å²) in [5.41, 5.74) is 0. The molecular formula is C17H27N3O2S. The Morgan fingerprint density at radius 3 is 3.04 bits per heavy atom. The third kappa shape index (κ3) is 5.01. The average Bonchev–Trinajstić information content (AvgIpc) is 3.28. The Morgan fingerprint density at radius 1 is 1.48 bits per heavy atom. The molecule has 1 amide bonds. The SMILES string of the molecule is O=C(CCC1CCCN1)NCC(c1cccs1)N1CCOCC1. The van der Waals surface area contributed by atoms with Crippen molar-refractivity contribution in [2.45, 2.75) is 37.8 Å². The van der Waals surface area contributed by atoms with Crippen molar-refractivity contribution in [1.82, 2.24) is 15.5 Å². The van der Waals surface area contributed by atoms with Gasteiger partial charge in [0.25, 0.3) is 0 Å². The summed E-state index contributed by atoms with van der Waals surface area (Å²) in [6, 6.07) is 5.06. The predicted molar refractivity (Wildman–Crippen MR) is 92.7 cm³/mol. The minimum atomic E-state index is 0.175. The van der Waals surface area contributed by atoms with Gasteiger partial charge in [0.05, 0.1) is 19.3 Å². The largest absolute Gasteiger partial charge is 0.379 e. The summed E-state index contributed by atoms with van der Waals surface area (Å²) < 4.78 is 5.46. The van der Waals surface area contributed by atoms with Gasteiger partial charge in [-0.2, -0.15) is 0 Å². The number of rotatable bonds is 7. The van der Waals surface area contributed by atoms with Gasteiger partial charge in [-0.3, -0.25) is 9.69 Å². The fourth-order valence-corrected chi connectivity index (χ4v) is 4.25. The van der Waals surface area contributed by atoms with Crippen LogP contribution >= 0.6 is 11.3 Å². The number of morpholine rings is 1. The minimum absolute atomic E-state index is 0.175. The second-order valence-corrected chi connectivity index (χ2v) is 7.29. The van der Waals surface area contributed by atoms with E-state index < -0.39 is 0 Å². The number of hydrogen-bond donors (Lipinski definition) is 2. The molecular weight excluding hydrogens is 310 g/mol. The molecule has 2 unspecified atom stereocenters. The molecule has 23 heavy (non-hydrogen) atoms. The highest BCUT2D eigenvalue weighted by Crippen LogP contribution is 2.25. The lowest BCUT2D eigenvalue weighted by Gasteiger charge is -2.34. The van der Waals surface area contributed by atoms with Crippen LogP contribution in [0.2, 0.25) is 0 Å². The molecule has 2 N–H and O–H groups in total. The molecule has 1 aromatic rings. The van der Waals surface area contributed by atoms with Crippen LogP contribution in [0, 0.1) is 0 Å². The number of hydrogen-bond acceptors (Lipinski definition) is 5. The molecule has 3 heterocycles. The average molecular weight is 337 g/mol. The van der Waals surface area contributed by atoms with Crippen LogP contribution in [0.5, 0.6) is 0 Å². The lowest BCUT2D eigenvalue weighted by molar-refractivity contribution is -0.121. The van der Waals surface area contributed by atoms with Gasteiger partial charge in [0, 0.05) is 37.0 Å². The summed E-state index contributed by atoms with van der Waals surface area (Å²) in [5.74, 6) is 0.175. The predicted octanol–water partition coefficient (Wildman–Crippen LogP) is 1.77. The van der Waals surface area contributed by atoms with Gasteiger partial charge in [-0.15, -0.1) is 11.3 Å². The quantitative estimate of drug-likeness (QED) is 0.796. The standard InChI is InChI=1S/C17H27N3O2S/c21-17(6-5-14-3-1-7-18-14)19-13-15(16-4-2-12-23-16)20-8-10-22-11-9-20/h2,4,12,14-15,18H,1,3,5-11,13H2,(H,19,21). The van der Waals surface area contributed by atoms with Gasteiger partial charge in [0.15, 0.2) is 0 Å². The van der Waals surface area contributed by atoms with E-state index in [2.05, 4.69) is 33.0 Å². The van der Waals surface area contributed by atoms with E-state index in [0.29, 0.717) is 19.0 Å². The molecule has 128 valence electrons. The number of nitrogens with one attached hydrogen (secondary N) is 2. The van der Waals surface area contributed by atoms with Gasteiger partial charge in [-0.1, -0.05) is 6.07 Å². The molecule has 0 aromatic carbocycles. The van der Waals surface area contributed by atoms with Crippen molar-refractivity contribution in [2.24, 2.45) is 0 Å². The Bertz CT molecular complexity index is 468. The van der Waals surface area contributed by atoms with Crippen molar-refractivity contribution >= 4 is 17.2 Å². The van der Waals surface area contributed by atoms with Crippen molar-refractivity contribution in [3.8, 4) is 0 Å². The molecule has 5 nitrogen and oxygen atoms in total. The zero-order chi connectivity index (χ0) is 15.9. The molecule has 0 bridgehead atoms. The lowest BCUT2D eigenvalue weighted by Crippen LogP contribution is -2.43. The van der Waals surface area contributed by atoms with E-state index >= 15 is 0 Å². The second-order valence-electron chi connectivity index (χ2n) is 6.32. The number of amides is 1. The van der Waals surface area contributed by atoms with E-state index in [1.807, 2.05) is 0 Å². The molecule has 1 aromatic heterocycles. The van der Waals surface area contributed by atoms with E-state index in [1.54, 1.807) is 11.3 Å². The lowest BCUT2D eigenvalue weighted by atomic mass is 10.1. The molecule has 0 saturated carbocycles. The van der Waals surface area contributed by atoms with E-state index in [-0.39, 0.29) is 11.9 Å². The van der Waals surface area contributed by atoms with Crippen molar-refractivity contribution in [3.05, 3.63) is 22.4 Å². The topological polar surface area (TPSA) is 53.6 Å². The number of carbonyl (C=O) groups is 1. The Labute approximate surface area is 142 Å². The molecule has 3 rings (SSSR count). The van der Waals surface area contributed by atoms with Crippen LogP contribution in [-0.4, -0.2) is 56.2 Å². The molecule has 6 heteroatoms. The van der Waals surface area contributed by atoms with Crippen LogP contribution in [0.3, 0.4) is 0 Å². The third-order valence-electron chi connectivity index (χ3n) is 4.73. The number of thiophene rings is 1. The Morgan fingerprint density at radius 2 is 2.35 bits per heavy atom. The van der Waals surface area contributed by atoms with Crippen LogP contribution in [0.1, 0.15) is 36.6 Å². The number of nitrogens with zero attached hydrogens (tertiary/aromatic N) is 1. The summed E-state index contributed by atoms with van der Waals surface area (Å²) >= 11 is 1.77. The zero-order valence-corrected chi connectivity index (χ0v) is 14.4. The van der Waals surface area contributed by atoms with Crippen LogP contribution in [0.4, 0.5) is 0 Å². The van der Waals surface area contributed by atoms with Crippen molar-refractivity contribution in [3.63, 3.8) is 0 Å². The van der Waals surface area contributed by atoms with Crippen LogP contribution in [0.15, 0.2) is 17.5 Å². The summed E-state index contributed by atoms with van der Waals surface area (Å²) in [5, 5.41) is 8.71. The highest BCUT2D eigenvalue weighted by atomic mass is 32.1. The maximum atomic E-state index is 12.2. The minimum Gasteiger partial charge on any atom is -0.379 e. The fourth-order valence-electron chi connectivity index (χ4n) is 3.39. The summed E-state index contributed by atoms with van der Waals surface area (Å²) in [7, 11) is 0. The zero-order valence-electron chi connectivity index (χ0n) is 13.6. The molecule has 2 aliphatic heterocycles. The van der Waals surface area contributed by atoms with Gasteiger partial charge in [0.2, 0.25) is 5.91 Å². The van der Waals surface area contributed by atoms with Crippen molar-refractivity contribution < 1.29 is 9.53 Å². The maximum Gasteiger partial charge on any atom is 0.220 e. The Hall–Kier alpha value is -0.950. The summed E-state index contributed by atoms with van der Waals surface area (Å²) in [6.45, 7) is 5.22. The smallest absolute Gasteiger partial charge is 0.220 e. The Kier molecular flexibility index (Phi) is 6.45. The van der Waals surface area contributed by atoms with E-state index in [4.69, 9.17) is 4.74 Å². The maximum absolute atomic E-state index is 12.2. The monoisotopic (exact) mass is 337 g/mol. The Balaban J connectivity index is 1.48. The van der Waals surface area contributed by atoms with Crippen molar-refractivity contribution in [1.29, 1.82) is 0 Å². The molecule has 2 saturated heterocycles. The van der Waals surface area contributed by atoms with Crippen molar-refractivity contribution in [2.75, 3.05) is 39.4 Å². The first kappa shape index (κ1) is 16.9. The first-order valence-electron chi connectivity index (χ1n) is 8.68. The number of carbonyl (C=O) groups excluding carboxylic acids is 1. The summed E-state index contributed by atoms with van der Waals surface area (Å²) in [6.07, 6.45) is 4.02. The third-order valence-corrected chi connectivity index (χ3v) is 5.71. The first-order chi connectivity index (χ1) is 11.3. The molecule has 2 atom stereocenters. The molecule has 0 aliphatic carbocycles. The fraction of sp³-hybridized carbons (Fsp3) is 0.706. The van der Waals surface area contributed by atoms with Gasteiger partial charge < -0.3 is 15.4 Å². The molecule has 2 fully saturated rings. The second kappa shape index (κ2) is 8.78. The highest BCUT2D eigenvalue weighted by Gasteiger charge is 2.24. The van der Waals surface area contributed by atoms with Crippen LogP contribution in [0.25, 0.3) is 0 Å². The summed E-state index contributed by atoms with van der Waals surface area (Å²) in [4.78, 5) is 15.9. The number of ether oxygens (including phenoxy) is 1. The van der Waals surface area contributed by atoms with Gasteiger partial charge >= 0.3 is 0 Å².